The molecule has 0 bridgehead atoms. The van der Waals surface area contributed by atoms with Crippen molar-refractivity contribution in [2.45, 2.75) is 19.0 Å². The monoisotopic (exact) mass is 343 g/mol. The SMILES string of the molecule is COc1ccc(C(CNC(=O)C(C)N)N2CCOCC2)cc1.Cl. The summed E-state index contributed by atoms with van der Waals surface area (Å²) in [6.07, 6.45) is 0. The number of morpholine rings is 1. The Kier molecular flexibility index (Phi) is 8.33. The van der Waals surface area contributed by atoms with Crippen LogP contribution in [0.25, 0.3) is 0 Å². The highest BCUT2D eigenvalue weighted by molar-refractivity contribution is 5.85. The highest BCUT2D eigenvalue weighted by Crippen LogP contribution is 2.23. The minimum Gasteiger partial charge on any atom is -0.497 e. The van der Waals surface area contributed by atoms with Crippen molar-refractivity contribution >= 4 is 18.3 Å². The lowest BCUT2D eigenvalue weighted by Gasteiger charge is -2.35. The lowest BCUT2D eigenvalue weighted by Crippen LogP contribution is -2.46. The van der Waals surface area contributed by atoms with E-state index in [1.807, 2.05) is 24.3 Å². The third-order valence-electron chi connectivity index (χ3n) is 3.87. The van der Waals surface area contributed by atoms with E-state index in [1.165, 1.54) is 0 Å². The number of nitrogens with zero attached hydrogens (tertiary/aromatic N) is 1. The van der Waals surface area contributed by atoms with E-state index < -0.39 is 6.04 Å². The molecule has 130 valence electrons. The van der Waals surface area contributed by atoms with Crippen LogP contribution in [0.5, 0.6) is 5.75 Å². The summed E-state index contributed by atoms with van der Waals surface area (Å²) in [5.74, 6) is 0.691. The van der Waals surface area contributed by atoms with Gasteiger partial charge in [-0.2, -0.15) is 0 Å². The standard InChI is InChI=1S/C16H25N3O3.ClH/c1-12(17)16(20)18-11-15(19-7-9-22-10-8-19)13-3-5-14(21-2)6-4-13;/h3-6,12,15H,7-11,17H2,1-2H3,(H,18,20);1H. The Balaban J connectivity index is 0.00000264. The summed E-state index contributed by atoms with van der Waals surface area (Å²) in [6, 6.07) is 7.57. The van der Waals surface area contributed by atoms with Crippen LogP contribution in [-0.4, -0.2) is 56.8 Å². The zero-order chi connectivity index (χ0) is 15.9. The molecule has 1 aliphatic heterocycles. The largest absolute Gasteiger partial charge is 0.497 e. The summed E-state index contributed by atoms with van der Waals surface area (Å²) in [5.41, 5.74) is 6.76. The van der Waals surface area contributed by atoms with Gasteiger partial charge in [-0.15, -0.1) is 12.4 Å². The van der Waals surface area contributed by atoms with Crippen molar-refractivity contribution in [3.05, 3.63) is 29.8 Å². The average Bonchev–Trinajstić information content (AvgIpc) is 2.56. The summed E-state index contributed by atoms with van der Waals surface area (Å²) in [7, 11) is 1.65. The molecule has 2 rings (SSSR count). The van der Waals surface area contributed by atoms with Gasteiger partial charge in [-0.3, -0.25) is 9.69 Å². The maximum atomic E-state index is 11.8. The normalized spacial score (nSPS) is 17.7. The summed E-state index contributed by atoms with van der Waals surface area (Å²) in [5, 5.41) is 2.93. The highest BCUT2D eigenvalue weighted by Gasteiger charge is 2.23. The molecule has 1 aromatic carbocycles. The summed E-state index contributed by atoms with van der Waals surface area (Å²) in [6.45, 7) is 5.36. The molecule has 3 N–H and O–H groups in total. The smallest absolute Gasteiger partial charge is 0.236 e. The minimum absolute atomic E-state index is 0. The molecule has 23 heavy (non-hydrogen) atoms. The molecule has 7 heteroatoms. The first-order valence-corrected chi connectivity index (χ1v) is 7.61. The van der Waals surface area contributed by atoms with Crippen molar-refractivity contribution in [2.75, 3.05) is 40.0 Å². The number of nitrogens with two attached hydrogens (primary N) is 1. The third kappa shape index (κ3) is 5.66. The van der Waals surface area contributed by atoms with E-state index in [-0.39, 0.29) is 24.4 Å². The maximum absolute atomic E-state index is 11.8. The molecule has 0 saturated carbocycles. The van der Waals surface area contributed by atoms with E-state index in [1.54, 1.807) is 14.0 Å². The molecule has 1 fully saturated rings. The zero-order valence-electron chi connectivity index (χ0n) is 13.7. The summed E-state index contributed by atoms with van der Waals surface area (Å²) in [4.78, 5) is 14.1. The van der Waals surface area contributed by atoms with Gasteiger partial charge in [0.15, 0.2) is 0 Å². The van der Waals surface area contributed by atoms with E-state index in [0.29, 0.717) is 19.8 Å². The molecule has 6 nitrogen and oxygen atoms in total. The van der Waals surface area contributed by atoms with Gasteiger partial charge in [-0.25, -0.2) is 0 Å². The number of hydrogen-bond acceptors (Lipinski definition) is 5. The van der Waals surface area contributed by atoms with Gasteiger partial charge < -0.3 is 20.5 Å². The van der Waals surface area contributed by atoms with E-state index in [4.69, 9.17) is 15.2 Å². The second-order valence-electron chi connectivity index (χ2n) is 5.47. The molecular weight excluding hydrogens is 318 g/mol. The van der Waals surface area contributed by atoms with Gasteiger partial charge in [0.25, 0.3) is 0 Å². The topological polar surface area (TPSA) is 76.8 Å². The summed E-state index contributed by atoms with van der Waals surface area (Å²) >= 11 is 0. The molecule has 1 saturated heterocycles. The van der Waals surface area contributed by atoms with Crippen LogP contribution in [0.3, 0.4) is 0 Å². The number of carbonyl (C=O) groups excluding carboxylic acids is 1. The lowest BCUT2D eigenvalue weighted by atomic mass is 10.0. The van der Waals surface area contributed by atoms with Crippen LogP contribution >= 0.6 is 12.4 Å². The number of hydrogen-bond donors (Lipinski definition) is 2. The maximum Gasteiger partial charge on any atom is 0.236 e. The van der Waals surface area contributed by atoms with Gasteiger partial charge in [0.2, 0.25) is 5.91 Å². The van der Waals surface area contributed by atoms with Gasteiger partial charge in [-0.1, -0.05) is 12.1 Å². The second kappa shape index (κ2) is 9.72. The third-order valence-corrected chi connectivity index (χ3v) is 3.87. The van der Waals surface area contributed by atoms with Crippen LogP contribution in [-0.2, 0) is 9.53 Å². The van der Waals surface area contributed by atoms with Crippen LogP contribution in [0, 0.1) is 0 Å². The van der Waals surface area contributed by atoms with Gasteiger partial charge >= 0.3 is 0 Å². The fourth-order valence-corrected chi connectivity index (χ4v) is 2.53. The first-order valence-electron chi connectivity index (χ1n) is 7.61. The van der Waals surface area contributed by atoms with Gasteiger partial charge in [0, 0.05) is 19.6 Å². The van der Waals surface area contributed by atoms with Crippen molar-refractivity contribution < 1.29 is 14.3 Å². The number of benzene rings is 1. The Bertz CT molecular complexity index is 476. The number of halogens is 1. The molecule has 0 radical (unpaired) electrons. The number of methoxy groups -OCH3 is 1. The first kappa shape index (κ1) is 19.7. The Hall–Kier alpha value is -1.34. The molecule has 2 unspecified atom stereocenters. The van der Waals surface area contributed by atoms with Crippen molar-refractivity contribution in [3.8, 4) is 5.75 Å². The number of ether oxygens (including phenoxy) is 2. The fourth-order valence-electron chi connectivity index (χ4n) is 2.53. The number of amides is 1. The van der Waals surface area contributed by atoms with Gasteiger partial charge in [0.1, 0.15) is 5.75 Å². The highest BCUT2D eigenvalue weighted by atomic mass is 35.5. The number of rotatable bonds is 6. The summed E-state index contributed by atoms with van der Waals surface area (Å²) < 4.78 is 10.6. The average molecular weight is 344 g/mol. The van der Waals surface area contributed by atoms with E-state index in [2.05, 4.69) is 10.2 Å². The van der Waals surface area contributed by atoms with Crippen LogP contribution in [0.2, 0.25) is 0 Å². The quantitative estimate of drug-likeness (QED) is 0.804. The van der Waals surface area contributed by atoms with Crippen LogP contribution in [0.15, 0.2) is 24.3 Å². The number of nitrogens with one attached hydrogen (secondary N) is 1. The molecule has 0 aliphatic carbocycles. The predicted molar refractivity (Wildman–Crippen MR) is 92.0 cm³/mol. The van der Waals surface area contributed by atoms with Gasteiger partial charge in [0.05, 0.1) is 32.4 Å². The van der Waals surface area contributed by atoms with Crippen molar-refractivity contribution in [1.29, 1.82) is 0 Å². The van der Waals surface area contributed by atoms with Crippen LogP contribution in [0.1, 0.15) is 18.5 Å². The molecule has 1 amide bonds. The van der Waals surface area contributed by atoms with E-state index in [0.717, 1.165) is 24.4 Å². The van der Waals surface area contributed by atoms with Crippen LogP contribution < -0.4 is 15.8 Å². The Morgan fingerprint density at radius 2 is 1.96 bits per heavy atom. The van der Waals surface area contributed by atoms with Crippen LogP contribution in [0.4, 0.5) is 0 Å². The van der Waals surface area contributed by atoms with Crippen molar-refractivity contribution in [1.82, 2.24) is 10.2 Å². The van der Waals surface area contributed by atoms with Crippen molar-refractivity contribution in [2.24, 2.45) is 5.73 Å². The van der Waals surface area contributed by atoms with E-state index >= 15 is 0 Å². The molecule has 2 atom stereocenters. The zero-order valence-corrected chi connectivity index (χ0v) is 14.5. The first-order chi connectivity index (χ1) is 10.6. The second-order valence-corrected chi connectivity index (χ2v) is 5.47. The molecule has 0 spiro atoms. The molecule has 1 aromatic rings. The Morgan fingerprint density at radius 3 is 2.48 bits per heavy atom. The fraction of sp³-hybridized carbons (Fsp3) is 0.562. The van der Waals surface area contributed by atoms with E-state index in [9.17, 15) is 4.79 Å². The van der Waals surface area contributed by atoms with Crippen molar-refractivity contribution in [3.63, 3.8) is 0 Å². The molecule has 1 aliphatic rings. The predicted octanol–water partition coefficient (Wildman–Crippen LogP) is 0.954. The Morgan fingerprint density at radius 1 is 1.35 bits per heavy atom. The molecular formula is C16H26ClN3O3. The number of carbonyl (C=O) groups is 1. The molecule has 1 heterocycles. The lowest BCUT2D eigenvalue weighted by molar-refractivity contribution is -0.122. The van der Waals surface area contributed by atoms with Gasteiger partial charge in [-0.05, 0) is 24.6 Å². The Labute approximate surface area is 143 Å². The molecule has 0 aromatic heterocycles. The minimum atomic E-state index is -0.499.